The molecule has 0 N–H and O–H groups in total. The smallest absolute Gasteiger partial charge is 0.0653 e. The first-order valence-electron chi connectivity index (χ1n) is 24.1. The van der Waals surface area contributed by atoms with Gasteiger partial charge in [0.15, 0.2) is 0 Å². The highest BCUT2D eigenvalue weighted by molar-refractivity contribution is 6.32. The summed E-state index contributed by atoms with van der Waals surface area (Å²) >= 11 is 0. The zero-order valence-corrected chi connectivity index (χ0v) is 38.1. The number of nitrogens with zero attached hydrogens (tertiary/aromatic N) is 4. The first-order valence-corrected chi connectivity index (χ1v) is 23.1. The van der Waals surface area contributed by atoms with Gasteiger partial charge in [0.25, 0.3) is 0 Å². The molecule has 4 nitrogen and oxygen atoms in total. The molecule has 66 heavy (non-hydrogen) atoms. The van der Waals surface area contributed by atoms with Gasteiger partial charge in [-0.3, -0.25) is 0 Å². The minimum absolute atomic E-state index is 0.0220. The van der Waals surface area contributed by atoms with Crippen molar-refractivity contribution in [3.05, 3.63) is 205 Å². The maximum Gasteiger partial charge on any atom is 0.0653 e. The lowest BCUT2D eigenvalue weighted by Crippen LogP contribution is -2.13. The Hall–Kier alpha value is -7.82. The zero-order valence-electron chi connectivity index (χ0n) is 40.1. The summed E-state index contributed by atoms with van der Waals surface area (Å²) in [5.41, 5.74) is 14.6. The van der Waals surface area contributed by atoms with E-state index in [0.29, 0.717) is 12.1 Å². The molecule has 0 unspecified atom stereocenters. The van der Waals surface area contributed by atoms with Crippen molar-refractivity contribution >= 4 is 110 Å². The topological polar surface area (TPSA) is 15.3 Å². The third-order valence-corrected chi connectivity index (χ3v) is 14.0. The maximum absolute atomic E-state index is 10.5. The van der Waals surface area contributed by atoms with Gasteiger partial charge in [-0.05, 0) is 107 Å². The first kappa shape index (κ1) is 36.5. The molecule has 4 aromatic heterocycles. The minimum atomic E-state index is 0.0220. The van der Waals surface area contributed by atoms with E-state index in [1.165, 1.54) is 11.1 Å². The van der Waals surface area contributed by atoms with Crippen LogP contribution in [0.2, 0.25) is 0 Å². The van der Waals surface area contributed by atoms with Crippen LogP contribution in [0.5, 0.6) is 0 Å². The van der Waals surface area contributed by atoms with Crippen LogP contribution in [0.3, 0.4) is 0 Å². The highest BCUT2D eigenvalue weighted by Gasteiger charge is 2.28. The van der Waals surface area contributed by atoms with E-state index in [4.69, 9.17) is 0 Å². The summed E-state index contributed by atoms with van der Waals surface area (Å²) in [4.78, 5) is 4.73. The highest BCUT2D eigenvalue weighted by atomic mass is 15.2. The Morgan fingerprint density at radius 2 is 0.682 bits per heavy atom. The van der Waals surface area contributed by atoms with Gasteiger partial charge in [-0.2, -0.15) is 0 Å². The molecule has 0 aliphatic rings. The molecule has 0 atom stereocenters. The number of aromatic nitrogens is 2. The molecule has 0 saturated carbocycles. The predicted octanol–water partition coefficient (Wildman–Crippen LogP) is 17.5. The van der Waals surface area contributed by atoms with Gasteiger partial charge in [-0.15, -0.1) is 0 Å². The normalized spacial score (nSPS) is 13.1. The number of benzene rings is 9. The van der Waals surface area contributed by atoms with Crippen molar-refractivity contribution in [2.75, 3.05) is 9.80 Å². The molecule has 0 spiro atoms. The summed E-state index contributed by atoms with van der Waals surface area (Å²) in [6.07, 6.45) is 0. The maximum atomic E-state index is 10.5. The van der Waals surface area contributed by atoms with Crippen LogP contribution in [0.1, 0.15) is 55.4 Å². The van der Waals surface area contributed by atoms with E-state index >= 15 is 0 Å². The van der Waals surface area contributed by atoms with Crippen molar-refractivity contribution in [2.45, 2.75) is 52.4 Å². The van der Waals surface area contributed by atoms with Crippen molar-refractivity contribution in [1.29, 1.82) is 0 Å². The van der Waals surface area contributed by atoms with E-state index in [2.05, 4.69) is 242 Å². The molecule has 0 fully saturated rings. The number of rotatable bonds is 6. The Bertz CT molecular complexity index is 3830. The Labute approximate surface area is 387 Å². The summed E-state index contributed by atoms with van der Waals surface area (Å²) in [5, 5.41) is 8.00. The number of hydrogen-bond donors (Lipinski definition) is 0. The first-order chi connectivity index (χ1) is 32.9. The summed E-state index contributed by atoms with van der Waals surface area (Å²) in [7, 11) is 0. The summed E-state index contributed by atoms with van der Waals surface area (Å²) in [6, 6.07) is 66.1. The molecular weight excluding hydrogens is 801 g/mol. The summed E-state index contributed by atoms with van der Waals surface area (Å²) in [6.45, 7) is 13.5. The van der Waals surface area contributed by atoms with Crippen LogP contribution in [0.25, 0.3) is 76.2 Å². The molecule has 9 aromatic carbocycles. The van der Waals surface area contributed by atoms with E-state index < -0.39 is 0 Å². The van der Waals surface area contributed by atoms with Crippen LogP contribution in [0, 0.1) is 0 Å². The molecule has 4 heteroatoms. The van der Waals surface area contributed by atoms with Gasteiger partial charge >= 0.3 is 0 Å². The SMILES string of the molecule is [2H]c1c2c3ccc(N(c4ccccc4)c4ccc(C(C)(C)C)cc4)c4c5ccccc5n(c2c([2H])c2c5ccc(N(c6ccccc6)c6ccc(C(C)(C)C)cc6)c6c7ccccc7n(c12)c56)c34. The van der Waals surface area contributed by atoms with Gasteiger partial charge in [0, 0.05) is 65.8 Å². The fourth-order valence-electron chi connectivity index (χ4n) is 10.8. The van der Waals surface area contributed by atoms with Crippen LogP contribution in [0.4, 0.5) is 34.1 Å². The van der Waals surface area contributed by atoms with Crippen molar-refractivity contribution in [3.8, 4) is 0 Å². The Morgan fingerprint density at radius 3 is 1.06 bits per heavy atom. The van der Waals surface area contributed by atoms with Gasteiger partial charge in [0.1, 0.15) is 0 Å². The second-order valence-corrected chi connectivity index (χ2v) is 20.0. The van der Waals surface area contributed by atoms with E-state index in [9.17, 15) is 2.74 Å². The average molecular weight is 853 g/mol. The Balaban J connectivity index is 1.12. The van der Waals surface area contributed by atoms with E-state index in [0.717, 1.165) is 110 Å². The molecule has 13 aromatic rings. The lowest BCUT2D eigenvalue weighted by Gasteiger charge is -2.27. The van der Waals surface area contributed by atoms with Crippen LogP contribution in [0.15, 0.2) is 194 Å². The van der Waals surface area contributed by atoms with Crippen molar-refractivity contribution < 1.29 is 2.74 Å². The standard InChI is InChI=1S/C62H50N4/c1-61(2,3)39-25-29-43(30-26-39)63(41-17-9-7-10-18-41)53-35-33-45-49-37-56-50(38-55(49)65-51-23-15-13-21-47(51)57(53)59(45)65)46-34-36-54(58-48-22-14-16-24-52(48)66(56)60(46)58)64(42-19-11-8-12-20-42)44-31-27-40(28-32-44)62(4,5)6/h7-38H,1-6H3/i37D,38D. The monoisotopic (exact) mass is 852 g/mol. The molecule has 0 aliphatic carbocycles. The quantitative estimate of drug-likeness (QED) is 0.166. The molecule has 13 rings (SSSR count). The number of fused-ring (bicyclic) bond motifs is 12. The molecule has 4 heterocycles. The molecule has 0 bridgehead atoms. The fourth-order valence-corrected chi connectivity index (χ4v) is 10.8. The molecule has 0 saturated heterocycles. The van der Waals surface area contributed by atoms with Crippen LogP contribution in [-0.2, 0) is 10.8 Å². The predicted molar refractivity (Wildman–Crippen MR) is 283 cm³/mol. The summed E-state index contributed by atoms with van der Waals surface area (Å²) in [5.74, 6) is 0. The van der Waals surface area contributed by atoms with Gasteiger partial charge in [-0.25, -0.2) is 0 Å². The van der Waals surface area contributed by atoms with Crippen LogP contribution >= 0.6 is 0 Å². The van der Waals surface area contributed by atoms with E-state index in [-0.39, 0.29) is 10.8 Å². The van der Waals surface area contributed by atoms with Crippen molar-refractivity contribution in [3.63, 3.8) is 0 Å². The van der Waals surface area contributed by atoms with Crippen LogP contribution < -0.4 is 9.80 Å². The number of anilines is 6. The second-order valence-electron chi connectivity index (χ2n) is 20.0. The van der Waals surface area contributed by atoms with Crippen molar-refractivity contribution in [2.24, 2.45) is 0 Å². The lowest BCUT2D eigenvalue weighted by atomic mass is 9.87. The third kappa shape index (κ3) is 5.51. The summed E-state index contributed by atoms with van der Waals surface area (Å²) < 4.78 is 25.5. The van der Waals surface area contributed by atoms with E-state index in [1.54, 1.807) is 0 Å². The molecule has 0 amide bonds. The van der Waals surface area contributed by atoms with Gasteiger partial charge in [-0.1, -0.05) is 151 Å². The number of hydrogen-bond acceptors (Lipinski definition) is 2. The minimum Gasteiger partial charge on any atom is -0.310 e. The Morgan fingerprint density at radius 1 is 0.333 bits per heavy atom. The largest absolute Gasteiger partial charge is 0.310 e. The molecule has 0 aliphatic heterocycles. The fraction of sp³-hybridized carbons (Fsp3) is 0.129. The molecule has 0 radical (unpaired) electrons. The average Bonchev–Trinajstić information content (AvgIpc) is 4.09. The van der Waals surface area contributed by atoms with Gasteiger partial charge in [0.2, 0.25) is 0 Å². The van der Waals surface area contributed by atoms with Crippen LogP contribution in [-0.4, -0.2) is 8.80 Å². The zero-order chi connectivity index (χ0) is 46.4. The van der Waals surface area contributed by atoms with E-state index in [1.807, 2.05) is 0 Å². The van der Waals surface area contributed by atoms with Gasteiger partial charge < -0.3 is 18.6 Å². The highest BCUT2D eigenvalue weighted by Crippen LogP contribution is 2.51. The van der Waals surface area contributed by atoms with Gasteiger partial charge in [0.05, 0.1) is 47.2 Å². The van der Waals surface area contributed by atoms with Crippen molar-refractivity contribution in [1.82, 2.24) is 8.80 Å². The Kier molecular flexibility index (Phi) is 7.66. The number of para-hydroxylation sites is 4. The third-order valence-electron chi connectivity index (χ3n) is 14.0. The molecular formula is C62H50N4. The molecule has 318 valence electrons. The second kappa shape index (κ2) is 13.8. The lowest BCUT2D eigenvalue weighted by molar-refractivity contribution is 0.590.